The summed E-state index contributed by atoms with van der Waals surface area (Å²) in [6, 6.07) is 7.90. The molecule has 0 aliphatic carbocycles. The summed E-state index contributed by atoms with van der Waals surface area (Å²) in [7, 11) is 0. The van der Waals surface area contributed by atoms with E-state index in [9.17, 15) is 4.79 Å². The van der Waals surface area contributed by atoms with Gasteiger partial charge in [0.05, 0.1) is 0 Å². The van der Waals surface area contributed by atoms with Crippen molar-refractivity contribution in [3.63, 3.8) is 0 Å². The summed E-state index contributed by atoms with van der Waals surface area (Å²) in [5.41, 5.74) is 4.45. The summed E-state index contributed by atoms with van der Waals surface area (Å²) in [4.78, 5) is 23.0. The monoisotopic (exact) mass is 312 g/mol. The Morgan fingerprint density at radius 3 is 2.17 bits per heavy atom. The second-order valence-corrected chi connectivity index (χ2v) is 5.70. The van der Waals surface area contributed by atoms with Crippen LogP contribution in [0, 0.1) is 20.8 Å². The minimum Gasteiger partial charge on any atom is -0.338 e. The second-order valence-electron chi connectivity index (χ2n) is 5.70. The van der Waals surface area contributed by atoms with Crippen LogP contribution in [0.15, 0.2) is 24.3 Å². The smallest absolute Gasteiger partial charge is 0.272 e. The maximum Gasteiger partial charge on any atom is 0.272 e. The number of hydrogen-bond acceptors (Lipinski definition) is 4. The fourth-order valence-electron chi connectivity index (χ4n) is 2.58. The molecule has 0 atom stereocenters. The van der Waals surface area contributed by atoms with E-state index in [-0.39, 0.29) is 5.91 Å². The molecule has 0 aliphatic heterocycles. The van der Waals surface area contributed by atoms with Crippen LogP contribution < -0.4 is 5.32 Å². The maximum atomic E-state index is 12.5. The van der Waals surface area contributed by atoms with E-state index in [0.29, 0.717) is 24.7 Å². The van der Waals surface area contributed by atoms with Gasteiger partial charge in [0.25, 0.3) is 5.91 Å². The number of aromatic nitrogens is 2. The number of benzene rings is 1. The first-order chi connectivity index (χ1) is 10.9. The summed E-state index contributed by atoms with van der Waals surface area (Å²) < 4.78 is 0. The largest absolute Gasteiger partial charge is 0.338 e. The topological polar surface area (TPSA) is 58.1 Å². The van der Waals surface area contributed by atoms with Gasteiger partial charge in [-0.05, 0) is 63.9 Å². The van der Waals surface area contributed by atoms with Crippen LogP contribution in [0.25, 0.3) is 0 Å². The molecule has 1 N–H and O–H groups in total. The van der Waals surface area contributed by atoms with E-state index in [0.717, 1.165) is 11.4 Å². The minimum absolute atomic E-state index is 0.0658. The van der Waals surface area contributed by atoms with Crippen LogP contribution in [0.2, 0.25) is 0 Å². The predicted octanol–water partition coefficient (Wildman–Crippen LogP) is 3.63. The maximum absolute atomic E-state index is 12.5. The van der Waals surface area contributed by atoms with Gasteiger partial charge >= 0.3 is 0 Å². The van der Waals surface area contributed by atoms with Crippen LogP contribution in [0.1, 0.15) is 41.2 Å². The highest BCUT2D eigenvalue weighted by Gasteiger charge is 2.16. The molecule has 2 rings (SSSR count). The van der Waals surface area contributed by atoms with E-state index < -0.39 is 0 Å². The Morgan fingerprint density at radius 1 is 1.00 bits per heavy atom. The van der Waals surface area contributed by atoms with Crippen LogP contribution in [0.4, 0.5) is 11.6 Å². The molecule has 1 aromatic heterocycles. The van der Waals surface area contributed by atoms with Gasteiger partial charge in [0, 0.05) is 24.5 Å². The molecule has 1 heterocycles. The highest BCUT2D eigenvalue weighted by molar-refractivity contribution is 5.92. The Morgan fingerprint density at radius 2 is 1.61 bits per heavy atom. The van der Waals surface area contributed by atoms with Crippen LogP contribution in [-0.2, 0) is 0 Å². The molecule has 23 heavy (non-hydrogen) atoms. The zero-order valence-corrected chi connectivity index (χ0v) is 14.5. The molecule has 0 saturated carbocycles. The lowest BCUT2D eigenvalue weighted by molar-refractivity contribution is 0.0767. The lowest BCUT2D eigenvalue weighted by atomic mass is 10.1. The number of carbonyl (C=O) groups excluding carboxylic acids is 1. The number of anilines is 2. The molecule has 2 aromatic rings. The van der Waals surface area contributed by atoms with E-state index in [1.54, 1.807) is 11.0 Å². The molecule has 0 unspecified atom stereocenters. The van der Waals surface area contributed by atoms with Gasteiger partial charge in [0.15, 0.2) is 0 Å². The molecule has 1 amide bonds. The van der Waals surface area contributed by atoms with Crippen molar-refractivity contribution in [1.82, 2.24) is 14.9 Å². The van der Waals surface area contributed by atoms with E-state index in [1.807, 2.05) is 46.8 Å². The predicted molar refractivity (Wildman–Crippen MR) is 93.2 cm³/mol. The number of aryl methyl sites for hydroxylation is 3. The Bertz CT molecular complexity index is 688. The second kappa shape index (κ2) is 7.22. The van der Waals surface area contributed by atoms with Crippen LogP contribution in [0.3, 0.4) is 0 Å². The number of amides is 1. The van der Waals surface area contributed by atoms with Crippen molar-refractivity contribution in [3.8, 4) is 0 Å². The van der Waals surface area contributed by atoms with Crippen molar-refractivity contribution in [2.45, 2.75) is 34.6 Å². The van der Waals surface area contributed by atoms with E-state index in [1.165, 1.54) is 11.1 Å². The van der Waals surface area contributed by atoms with Gasteiger partial charge in [-0.1, -0.05) is 6.07 Å². The summed E-state index contributed by atoms with van der Waals surface area (Å²) in [6.45, 7) is 11.2. The van der Waals surface area contributed by atoms with Gasteiger partial charge in [-0.15, -0.1) is 0 Å². The first-order valence-corrected chi connectivity index (χ1v) is 7.93. The van der Waals surface area contributed by atoms with Crippen molar-refractivity contribution in [3.05, 3.63) is 46.8 Å². The normalized spacial score (nSPS) is 10.5. The van der Waals surface area contributed by atoms with Gasteiger partial charge in [-0.2, -0.15) is 0 Å². The van der Waals surface area contributed by atoms with Crippen LogP contribution in [-0.4, -0.2) is 33.9 Å². The third kappa shape index (κ3) is 4.28. The Balaban J connectivity index is 2.31. The van der Waals surface area contributed by atoms with Gasteiger partial charge in [0.2, 0.25) is 5.95 Å². The summed E-state index contributed by atoms with van der Waals surface area (Å²) in [5.74, 6) is 0.384. The molecular weight excluding hydrogens is 288 g/mol. The molecule has 0 saturated heterocycles. The molecule has 5 nitrogen and oxygen atoms in total. The SMILES string of the molecule is CCN(CC)C(=O)c1cc(C)nc(Nc2cc(C)cc(C)c2)n1. The highest BCUT2D eigenvalue weighted by atomic mass is 16.2. The van der Waals surface area contributed by atoms with Gasteiger partial charge in [-0.25, -0.2) is 9.97 Å². The average Bonchev–Trinajstić information content (AvgIpc) is 2.46. The van der Waals surface area contributed by atoms with Crippen molar-refractivity contribution < 1.29 is 4.79 Å². The lowest BCUT2D eigenvalue weighted by Gasteiger charge is -2.18. The minimum atomic E-state index is -0.0658. The number of carbonyl (C=O) groups is 1. The van der Waals surface area contributed by atoms with E-state index in [4.69, 9.17) is 0 Å². The van der Waals surface area contributed by atoms with Crippen molar-refractivity contribution >= 4 is 17.5 Å². The van der Waals surface area contributed by atoms with Crippen molar-refractivity contribution in [2.24, 2.45) is 0 Å². The molecule has 122 valence electrons. The number of hydrogen-bond donors (Lipinski definition) is 1. The van der Waals surface area contributed by atoms with Gasteiger partial charge in [0.1, 0.15) is 5.69 Å². The van der Waals surface area contributed by atoms with Crippen LogP contribution in [0.5, 0.6) is 0 Å². The van der Waals surface area contributed by atoms with E-state index >= 15 is 0 Å². The average molecular weight is 312 g/mol. The van der Waals surface area contributed by atoms with Crippen molar-refractivity contribution in [2.75, 3.05) is 18.4 Å². The molecular formula is C18H24N4O. The molecule has 0 bridgehead atoms. The number of rotatable bonds is 5. The van der Waals surface area contributed by atoms with Gasteiger partial charge in [-0.3, -0.25) is 4.79 Å². The van der Waals surface area contributed by atoms with E-state index in [2.05, 4.69) is 21.4 Å². The Labute approximate surface area is 137 Å². The standard InChI is InChI=1S/C18H24N4O/c1-6-22(7-2)17(23)16-11-14(5)19-18(21-16)20-15-9-12(3)8-13(4)10-15/h8-11H,6-7H2,1-5H3,(H,19,20,21). The quantitative estimate of drug-likeness (QED) is 0.916. The Hall–Kier alpha value is -2.43. The van der Waals surface area contributed by atoms with Crippen LogP contribution >= 0.6 is 0 Å². The highest BCUT2D eigenvalue weighted by Crippen LogP contribution is 2.18. The first kappa shape index (κ1) is 16.9. The number of nitrogens with one attached hydrogen (secondary N) is 1. The fourth-order valence-corrected chi connectivity index (χ4v) is 2.58. The van der Waals surface area contributed by atoms with Crippen molar-refractivity contribution in [1.29, 1.82) is 0 Å². The van der Waals surface area contributed by atoms with Gasteiger partial charge < -0.3 is 10.2 Å². The zero-order valence-electron chi connectivity index (χ0n) is 14.5. The first-order valence-electron chi connectivity index (χ1n) is 7.93. The zero-order chi connectivity index (χ0) is 17.0. The summed E-state index contributed by atoms with van der Waals surface area (Å²) >= 11 is 0. The Kier molecular flexibility index (Phi) is 5.32. The molecule has 0 aliphatic rings. The lowest BCUT2D eigenvalue weighted by Crippen LogP contribution is -2.31. The molecule has 5 heteroatoms. The fraction of sp³-hybridized carbons (Fsp3) is 0.389. The molecule has 0 radical (unpaired) electrons. The number of nitrogens with zero attached hydrogens (tertiary/aromatic N) is 3. The third-order valence-electron chi connectivity index (χ3n) is 3.60. The molecule has 0 fully saturated rings. The molecule has 0 spiro atoms. The summed E-state index contributed by atoms with van der Waals surface area (Å²) in [6.07, 6.45) is 0. The third-order valence-corrected chi connectivity index (χ3v) is 3.60. The summed E-state index contributed by atoms with van der Waals surface area (Å²) in [5, 5.41) is 3.20. The molecule has 1 aromatic carbocycles.